The van der Waals surface area contributed by atoms with Gasteiger partial charge < -0.3 is 9.64 Å². The largest absolute Gasteiger partial charge is 0.383 e. The van der Waals surface area contributed by atoms with Gasteiger partial charge in [0.25, 0.3) is 0 Å². The summed E-state index contributed by atoms with van der Waals surface area (Å²) in [7, 11) is 1.74. The van der Waals surface area contributed by atoms with E-state index < -0.39 is 0 Å². The number of amides is 1. The minimum atomic E-state index is 0.297. The molecular weight excluding hydrogens is 264 g/mol. The average Bonchev–Trinajstić information content (AvgIpc) is 2.53. The van der Waals surface area contributed by atoms with E-state index in [0.29, 0.717) is 11.8 Å². The fraction of sp³-hybridized carbons (Fsp3) is 0.941. The van der Waals surface area contributed by atoms with Gasteiger partial charge in [0.15, 0.2) is 0 Å². The van der Waals surface area contributed by atoms with E-state index in [-0.39, 0.29) is 0 Å². The normalized spacial score (nSPS) is 28.1. The number of methoxy groups -OCH3 is 1. The standard InChI is InChI=1S/C17H32N2O2/c1-14(2)15-4-6-16(7-5-15)17(20)19-10-8-18(9-11-19)12-13-21-3/h14-16H,4-13H2,1-3H3. The van der Waals surface area contributed by atoms with Crippen LogP contribution >= 0.6 is 0 Å². The van der Waals surface area contributed by atoms with E-state index in [2.05, 4.69) is 23.6 Å². The van der Waals surface area contributed by atoms with Crippen LogP contribution in [0.25, 0.3) is 0 Å². The molecule has 0 N–H and O–H groups in total. The molecule has 4 nitrogen and oxygen atoms in total. The molecule has 4 heteroatoms. The van der Waals surface area contributed by atoms with Gasteiger partial charge in [0.2, 0.25) is 5.91 Å². The molecule has 0 bridgehead atoms. The molecule has 0 radical (unpaired) electrons. The van der Waals surface area contributed by atoms with Crippen molar-refractivity contribution in [2.45, 2.75) is 39.5 Å². The average molecular weight is 296 g/mol. The minimum Gasteiger partial charge on any atom is -0.383 e. The van der Waals surface area contributed by atoms with Crippen molar-refractivity contribution in [1.29, 1.82) is 0 Å². The van der Waals surface area contributed by atoms with Crippen LogP contribution in [0.4, 0.5) is 0 Å². The van der Waals surface area contributed by atoms with Gasteiger partial charge >= 0.3 is 0 Å². The van der Waals surface area contributed by atoms with E-state index in [1.165, 1.54) is 12.8 Å². The summed E-state index contributed by atoms with van der Waals surface area (Å²) in [5, 5.41) is 0. The predicted octanol–water partition coefficient (Wildman–Crippen LogP) is 2.24. The van der Waals surface area contributed by atoms with E-state index in [4.69, 9.17) is 4.74 Å². The second kappa shape index (κ2) is 8.14. The highest BCUT2D eigenvalue weighted by molar-refractivity contribution is 5.79. The lowest BCUT2D eigenvalue weighted by molar-refractivity contribution is -0.138. The molecule has 2 fully saturated rings. The van der Waals surface area contributed by atoms with Gasteiger partial charge in [-0.15, -0.1) is 0 Å². The molecule has 0 aromatic carbocycles. The fourth-order valence-corrected chi connectivity index (χ4v) is 3.70. The van der Waals surface area contributed by atoms with Crippen LogP contribution in [-0.2, 0) is 9.53 Å². The van der Waals surface area contributed by atoms with Crippen molar-refractivity contribution in [1.82, 2.24) is 9.80 Å². The molecule has 0 unspecified atom stereocenters. The molecule has 0 spiro atoms. The Bertz CT molecular complexity index is 317. The number of carbonyl (C=O) groups excluding carboxylic acids is 1. The number of rotatable bonds is 5. The number of hydrogen-bond donors (Lipinski definition) is 0. The molecule has 1 amide bonds. The van der Waals surface area contributed by atoms with E-state index in [9.17, 15) is 4.79 Å². The van der Waals surface area contributed by atoms with Crippen LogP contribution in [0, 0.1) is 17.8 Å². The number of hydrogen-bond acceptors (Lipinski definition) is 3. The summed E-state index contributed by atoms with van der Waals surface area (Å²) in [6.07, 6.45) is 4.68. The summed E-state index contributed by atoms with van der Waals surface area (Å²) in [5.74, 6) is 2.32. The highest BCUT2D eigenvalue weighted by atomic mass is 16.5. The summed E-state index contributed by atoms with van der Waals surface area (Å²) >= 11 is 0. The Balaban J connectivity index is 1.73. The van der Waals surface area contributed by atoms with Crippen molar-refractivity contribution < 1.29 is 9.53 Å². The first kappa shape index (κ1) is 16.8. The Morgan fingerprint density at radius 3 is 2.24 bits per heavy atom. The second-order valence-electron chi connectivity index (χ2n) is 7.02. The quantitative estimate of drug-likeness (QED) is 0.780. The van der Waals surface area contributed by atoms with Gasteiger partial charge in [0, 0.05) is 45.8 Å². The van der Waals surface area contributed by atoms with Gasteiger partial charge in [0.1, 0.15) is 0 Å². The molecule has 0 aromatic rings. The summed E-state index contributed by atoms with van der Waals surface area (Å²) in [5.41, 5.74) is 0. The molecule has 2 rings (SSSR count). The molecule has 1 aliphatic heterocycles. The van der Waals surface area contributed by atoms with Crippen LogP contribution in [0.15, 0.2) is 0 Å². The van der Waals surface area contributed by atoms with Crippen molar-refractivity contribution in [2.24, 2.45) is 17.8 Å². The molecule has 1 saturated heterocycles. The molecule has 122 valence electrons. The third-order valence-electron chi connectivity index (χ3n) is 5.36. The van der Waals surface area contributed by atoms with E-state index in [1.807, 2.05) is 0 Å². The highest BCUT2D eigenvalue weighted by Gasteiger charge is 2.31. The van der Waals surface area contributed by atoms with Crippen molar-refractivity contribution in [3.63, 3.8) is 0 Å². The molecule has 21 heavy (non-hydrogen) atoms. The van der Waals surface area contributed by atoms with Crippen LogP contribution in [0.1, 0.15) is 39.5 Å². The number of carbonyl (C=O) groups is 1. The molecule has 2 aliphatic rings. The number of nitrogens with zero attached hydrogens (tertiary/aromatic N) is 2. The fourth-order valence-electron chi connectivity index (χ4n) is 3.70. The molecule has 0 atom stereocenters. The lowest BCUT2D eigenvalue weighted by Crippen LogP contribution is -2.51. The molecule has 1 aliphatic carbocycles. The van der Waals surface area contributed by atoms with Crippen LogP contribution in [0.3, 0.4) is 0 Å². The first-order chi connectivity index (χ1) is 10.1. The zero-order valence-corrected chi connectivity index (χ0v) is 14.0. The number of piperazine rings is 1. The maximum absolute atomic E-state index is 12.6. The van der Waals surface area contributed by atoms with E-state index in [1.54, 1.807) is 7.11 Å². The summed E-state index contributed by atoms with van der Waals surface area (Å²) in [6.45, 7) is 10.2. The Morgan fingerprint density at radius 1 is 1.10 bits per heavy atom. The predicted molar refractivity (Wildman–Crippen MR) is 85.2 cm³/mol. The van der Waals surface area contributed by atoms with Crippen LogP contribution < -0.4 is 0 Å². The van der Waals surface area contributed by atoms with E-state index in [0.717, 1.165) is 64.0 Å². The SMILES string of the molecule is COCCN1CCN(C(=O)C2CCC(C(C)C)CC2)CC1. The van der Waals surface area contributed by atoms with Gasteiger partial charge in [0.05, 0.1) is 6.61 Å². The molecule has 1 heterocycles. The highest BCUT2D eigenvalue weighted by Crippen LogP contribution is 2.34. The monoisotopic (exact) mass is 296 g/mol. The minimum absolute atomic E-state index is 0.297. The zero-order chi connectivity index (χ0) is 15.2. The number of ether oxygens (including phenoxy) is 1. The lowest BCUT2D eigenvalue weighted by atomic mass is 9.76. The third kappa shape index (κ3) is 4.68. The lowest BCUT2D eigenvalue weighted by Gasteiger charge is -2.38. The van der Waals surface area contributed by atoms with Gasteiger partial charge in [-0.2, -0.15) is 0 Å². The van der Waals surface area contributed by atoms with Gasteiger partial charge in [-0.3, -0.25) is 9.69 Å². The molecular formula is C17H32N2O2. The van der Waals surface area contributed by atoms with Crippen LogP contribution in [0.5, 0.6) is 0 Å². The first-order valence-electron chi connectivity index (χ1n) is 8.62. The van der Waals surface area contributed by atoms with Crippen molar-refractivity contribution in [3.05, 3.63) is 0 Å². The van der Waals surface area contributed by atoms with Crippen molar-refractivity contribution in [3.8, 4) is 0 Å². The zero-order valence-electron chi connectivity index (χ0n) is 14.0. The molecule has 1 saturated carbocycles. The smallest absolute Gasteiger partial charge is 0.225 e. The summed E-state index contributed by atoms with van der Waals surface area (Å²) in [6, 6.07) is 0. The van der Waals surface area contributed by atoms with E-state index >= 15 is 0 Å². The maximum Gasteiger partial charge on any atom is 0.225 e. The van der Waals surface area contributed by atoms with Crippen LogP contribution in [-0.4, -0.2) is 62.1 Å². The third-order valence-corrected chi connectivity index (χ3v) is 5.36. The van der Waals surface area contributed by atoms with Crippen molar-refractivity contribution in [2.75, 3.05) is 46.4 Å². The topological polar surface area (TPSA) is 32.8 Å². The Morgan fingerprint density at radius 2 is 1.71 bits per heavy atom. The summed E-state index contributed by atoms with van der Waals surface area (Å²) in [4.78, 5) is 17.1. The molecule has 0 aromatic heterocycles. The Kier molecular flexibility index (Phi) is 6.49. The van der Waals surface area contributed by atoms with Gasteiger partial charge in [-0.1, -0.05) is 13.8 Å². The second-order valence-corrected chi connectivity index (χ2v) is 7.02. The summed E-state index contributed by atoms with van der Waals surface area (Å²) < 4.78 is 5.12. The first-order valence-corrected chi connectivity index (χ1v) is 8.62. The van der Waals surface area contributed by atoms with Crippen molar-refractivity contribution >= 4 is 5.91 Å². The Hall–Kier alpha value is -0.610. The van der Waals surface area contributed by atoms with Gasteiger partial charge in [-0.05, 0) is 37.5 Å². The Labute approximate surface area is 129 Å². The van der Waals surface area contributed by atoms with Gasteiger partial charge in [-0.25, -0.2) is 0 Å². The van der Waals surface area contributed by atoms with Crippen LogP contribution in [0.2, 0.25) is 0 Å². The maximum atomic E-state index is 12.6.